The van der Waals surface area contributed by atoms with Crippen molar-refractivity contribution in [3.63, 3.8) is 0 Å². The average molecular weight is 262 g/mol. The molecule has 0 heterocycles. The number of aliphatic hydroxyl groups excluding tert-OH is 1. The van der Waals surface area contributed by atoms with E-state index in [1.54, 1.807) is 13.0 Å². The summed E-state index contributed by atoms with van der Waals surface area (Å²) in [6.07, 6.45) is 4.28. The third-order valence-corrected chi connectivity index (χ3v) is 3.71. The van der Waals surface area contributed by atoms with Crippen LogP contribution in [0.4, 0.5) is 0 Å². The molecular weight excluding hydrogens is 240 g/mol. The zero-order chi connectivity index (χ0) is 13.8. The largest absolute Gasteiger partial charge is 0.487 e. The molecule has 3 nitrogen and oxygen atoms in total. The van der Waals surface area contributed by atoms with Crippen molar-refractivity contribution in [2.75, 3.05) is 0 Å². The van der Waals surface area contributed by atoms with Crippen LogP contribution in [0.2, 0.25) is 0 Å². The molecule has 104 valence electrons. The van der Waals surface area contributed by atoms with E-state index < -0.39 is 6.10 Å². The smallest absolute Gasteiger partial charge is 0.163 e. The van der Waals surface area contributed by atoms with E-state index in [0.29, 0.717) is 11.3 Å². The van der Waals surface area contributed by atoms with Crippen LogP contribution in [0.15, 0.2) is 18.2 Å². The first-order valence-electron chi connectivity index (χ1n) is 7.04. The Balaban J connectivity index is 2.21. The predicted octanol–water partition coefficient (Wildman–Crippen LogP) is 3.27. The Morgan fingerprint density at radius 3 is 2.74 bits per heavy atom. The van der Waals surface area contributed by atoms with E-state index in [1.807, 2.05) is 19.1 Å². The second-order valence-electron chi connectivity index (χ2n) is 5.42. The van der Waals surface area contributed by atoms with Crippen molar-refractivity contribution in [1.82, 2.24) is 0 Å². The lowest BCUT2D eigenvalue weighted by Crippen LogP contribution is -2.31. The molecule has 1 N–H and O–H groups in total. The Morgan fingerprint density at radius 1 is 1.26 bits per heavy atom. The van der Waals surface area contributed by atoms with Crippen molar-refractivity contribution in [3.8, 4) is 5.75 Å². The molecule has 2 unspecified atom stereocenters. The summed E-state index contributed by atoms with van der Waals surface area (Å²) in [4.78, 5) is 11.6. The van der Waals surface area contributed by atoms with Gasteiger partial charge in [-0.3, -0.25) is 4.79 Å². The van der Waals surface area contributed by atoms with Gasteiger partial charge in [-0.2, -0.15) is 0 Å². The second kappa shape index (κ2) is 6.20. The van der Waals surface area contributed by atoms with Crippen LogP contribution >= 0.6 is 0 Å². The molecule has 0 saturated heterocycles. The molecule has 1 aromatic rings. The third-order valence-electron chi connectivity index (χ3n) is 3.71. The van der Waals surface area contributed by atoms with E-state index >= 15 is 0 Å². The second-order valence-corrected chi connectivity index (χ2v) is 5.42. The van der Waals surface area contributed by atoms with Crippen LogP contribution in [0.3, 0.4) is 0 Å². The van der Waals surface area contributed by atoms with E-state index in [1.165, 1.54) is 0 Å². The SMILES string of the molecule is CC(=O)c1ccc(C)cc1OC1CCCCCC1O. The molecule has 1 aromatic carbocycles. The van der Waals surface area contributed by atoms with Gasteiger partial charge in [0.25, 0.3) is 0 Å². The fraction of sp³-hybridized carbons (Fsp3) is 0.562. The minimum absolute atomic E-state index is 0.00175. The van der Waals surface area contributed by atoms with E-state index in [9.17, 15) is 9.90 Å². The number of aliphatic hydroxyl groups is 1. The van der Waals surface area contributed by atoms with Gasteiger partial charge in [0, 0.05) is 0 Å². The molecule has 0 bridgehead atoms. The van der Waals surface area contributed by atoms with E-state index in [-0.39, 0.29) is 11.9 Å². The molecular formula is C16H22O3. The first kappa shape index (κ1) is 14.1. The summed E-state index contributed by atoms with van der Waals surface area (Å²) in [6.45, 7) is 3.52. The number of aryl methyl sites for hydroxylation is 1. The monoisotopic (exact) mass is 262 g/mol. The van der Waals surface area contributed by atoms with Crippen molar-refractivity contribution in [3.05, 3.63) is 29.3 Å². The first-order valence-corrected chi connectivity index (χ1v) is 7.04. The molecule has 2 rings (SSSR count). The number of carbonyl (C=O) groups excluding carboxylic acids is 1. The van der Waals surface area contributed by atoms with Gasteiger partial charge in [-0.25, -0.2) is 0 Å². The number of hydrogen-bond donors (Lipinski definition) is 1. The van der Waals surface area contributed by atoms with Gasteiger partial charge < -0.3 is 9.84 Å². The Bertz CT molecular complexity index is 453. The standard InChI is InChI=1S/C16H22O3/c1-11-8-9-13(12(2)17)16(10-11)19-15-7-5-3-4-6-14(15)18/h8-10,14-15,18H,3-7H2,1-2H3. The summed E-state index contributed by atoms with van der Waals surface area (Å²) in [5, 5.41) is 10.1. The summed E-state index contributed by atoms with van der Waals surface area (Å²) in [5.74, 6) is 0.608. The fourth-order valence-corrected chi connectivity index (χ4v) is 2.57. The lowest BCUT2D eigenvalue weighted by Gasteiger charge is -2.23. The third kappa shape index (κ3) is 3.57. The highest BCUT2D eigenvalue weighted by atomic mass is 16.5. The summed E-state index contributed by atoms with van der Waals surface area (Å²) in [5.41, 5.74) is 1.66. The molecule has 2 atom stereocenters. The fourth-order valence-electron chi connectivity index (χ4n) is 2.57. The highest BCUT2D eigenvalue weighted by Gasteiger charge is 2.24. The van der Waals surface area contributed by atoms with E-state index in [0.717, 1.165) is 37.7 Å². The van der Waals surface area contributed by atoms with Gasteiger partial charge in [0.1, 0.15) is 11.9 Å². The van der Waals surface area contributed by atoms with Gasteiger partial charge in [0.2, 0.25) is 0 Å². The van der Waals surface area contributed by atoms with Crippen LogP contribution in [0.1, 0.15) is 54.9 Å². The Kier molecular flexibility index (Phi) is 4.59. The van der Waals surface area contributed by atoms with Crippen molar-refractivity contribution in [2.45, 2.75) is 58.2 Å². The van der Waals surface area contributed by atoms with Crippen molar-refractivity contribution < 1.29 is 14.6 Å². The Morgan fingerprint density at radius 2 is 2.00 bits per heavy atom. The predicted molar refractivity (Wildman–Crippen MR) is 74.7 cm³/mol. The van der Waals surface area contributed by atoms with Gasteiger partial charge in [-0.1, -0.05) is 18.9 Å². The molecule has 3 heteroatoms. The van der Waals surface area contributed by atoms with Gasteiger partial charge in [0.05, 0.1) is 11.7 Å². The number of ketones is 1. The molecule has 0 aliphatic heterocycles. The van der Waals surface area contributed by atoms with Gasteiger partial charge >= 0.3 is 0 Å². The zero-order valence-corrected chi connectivity index (χ0v) is 11.7. The Hall–Kier alpha value is -1.35. The van der Waals surface area contributed by atoms with Gasteiger partial charge in [-0.05, 0) is 50.8 Å². The summed E-state index contributed by atoms with van der Waals surface area (Å²) in [7, 11) is 0. The topological polar surface area (TPSA) is 46.5 Å². The lowest BCUT2D eigenvalue weighted by molar-refractivity contribution is 0.0314. The van der Waals surface area contributed by atoms with Crippen LogP contribution in [-0.4, -0.2) is 23.1 Å². The zero-order valence-electron chi connectivity index (χ0n) is 11.7. The van der Waals surface area contributed by atoms with Crippen LogP contribution in [0.5, 0.6) is 5.75 Å². The average Bonchev–Trinajstić information content (AvgIpc) is 2.55. The molecule has 0 radical (unpaired) electrons. The maximum absolute atomic E-state index is 11.6. The lowest BCUT2D eigenvalue weighted by atomic mass is 10.1. The maximum Gasteiger partial charge on any atom is 0.163 e. The van der Waals surface area contributed by atoms with Crippen molar-refractivity contribution >= 4 is 5.78 Å². The summed E-state index contributed by atoms with van der Waals surface area (Å²) >= 11 is 0. The quantitative estimate of drug-likeness (QED) is 0.671. The van der Waals surface area contributed by atoms with Crippen LogP contribution in [-0.2, 0) is 0 Å². The molecule has 1 saturated carbocycles. The Labute approximate surface area is 114 Å². The summed E-state index contributed by atoms with van der Waals surface area (Å²) < 4.78 is 5.95. The molecule has 0 spiro atoms. The van der Waals surface area contributed by atoms with E-state index in [2.05, 4.69) is 0 Å². The van der Waals surface area contributed by atoms with Crippen LogP contribution < -0.4 is 4.74 Å². The van der Waals surface area contributed by atoms with Crippen LogP contribution in [0, 0.1) is 6.92 Å². The number of ether oxygens (including phenoxy) is 1. The normalized spacial score (nSPS) is 23.7. The minimum atomic E-state index is -0.428. The highest BCUT2D eigenvalue weighted by molar-refractivity contribution is 5.96. The minimum Gasteiger partial charge on any atom is -0.487 e. The number of benzene rings is 1. The van der Waals surface area contributed by atoms with E-state index in [4.69, 9.17) is 4.74 Å². The number of Topliss-reactive ketones (excluding diaryl/α,β-unsaturated/α-hetero) is 1. The van der Waals surface area contributed by atoms with Gasteiger partial charge in [-0.15, -0.1) is 0 Å². The van der Waals surface area contributed by atoms with Crippen LogP contribution in [0.25, 0.3) is 0 Å². The number of carbonyl (C=O) groups is 1. The highest BCUT2D eigenvalue weighted by Crippen LogP contribution is 2.27. The first-order chi connectivity index (χ1) is 9.08. The van der Waals surface area contributed by atoms with Crippen molar-refractivity contribution in [1.29, 1.82) is 0 Å². The molecule has 1 aliphatic carbocycles. The molecule has 1 aliphatic rings. The van der Waals surface area contributed by atoms with Crippen molar-refractivity contribution in [2.24, 2.45) is 0 Å². The maximum atomic E-state index is 11.6. The summed E-state index contributed by atoms with van der Waals surface area (Å²) in [6, 6.07) is 5.59. The number of rotatable bonds is 3. The molecule has 0 amide bonds. The molecule has 1 fully saturated rings. The number of hydrogen-bond acceptors (Lipinski definition) is 3. The molecule has 19 heavy (non-hydrogen) atoms. The molecule has 0 aromatic heterocycles. The van der Waals surface area contributed by atoms with Gasteiger partial charge in [0.15, 0.2) is 5.78 Å².